The van der Waals surface area contributed by atoms with Crippen molar-refractivity contribution in [2.24, 2.45) is 12.5 Å². The van der Waals surface area contributed by atoms with Gasteiger partial charge in [0, 0.05) is 43.4 Å². The zero-order valence-corrected chi connectivity index (χ0v) is 19.7. The summed E-state index contributed by atoms with van der Waals surface area (Å²) in [5.74, 6) is 6.16. The number of nitrogens with zero attached hydrogens (tertiary/aromatic N) is 3. The number of carbonyl (C=O) groups is 2. The van der Waals surface area contributed by atoms with Crippen molar-refractivity contribution < 1.29 is 14.3 Å². The molecule has 1 aliphatic rings. The minimum Gasteiger partial charge on any atom is -0.444 e. The van der Waals surface area contributed by atoms with Gasteiger partial charge in [-0.2, -0.15) is 5.10 Å². The normalized spacial score (nSPS) is 17.4. The van der Waals surface area contributed by atoms with E-state index in [9.17, 15) is 9.59 Å². The molecule has 1 fully saturated rings. The van der Waals surface area contributed by atoms with Gasteiger partial charge in [0.2, 0.25) is 0 Å². The summed E-state index contributed by atoms with van der Waals surface area (Å²) in [6.07, 6.45) is 3.43. The van der Waals surface area contributed by atoms with E-state index < -0.39 is 11.7 Å². The lowest BCUT2D eigenvalue weighted by Gasteiger charge is -2.24. The van der Waals surface area contributed by atoms with Gasteiger partial charge in [-0.15, -0.1) is 0 Å². The SMILES string of the molecule is Cn1cc(C2CN(C(=O)c3ccc(C#CCNC(=O)OC(C)(C)C)cc3)CC2(C)C)cn1. The average molecular weight is 437 g/mol. The Labute approximate surface area is 190 Å². The van der Waals surface area contributed by atoms with Gasteiger partial charge < -0.3 is 15.0 Å². The van der Waals surface area contributed by atoms with Crippen molar-refractivity contribution in [3.63, 3.8) is 0 Å². The third kappa shape index (κ3) is 5.91. The molecule has 0 spiro atoms. The summed E-state index contributed by atoms with van der Waals surface area (Å²) >= 11 is 0. The van der Waals surface area contributed by atoms with Gasteiger partial charge in [-0.25, -0.2) is 4.79 Å². The van der Waals surface area contributed by atoms with Crippen LogP contribution in [0.25, 0.3) is 0 Å². The first-order valence-corrected chi connectivity index (χ1v) is 10.8. The van der Waals surface area contributed by atoms with Crippen LogP contribution in [0.5, 0.6) is 0 Å². The van der Waals surface area contributed by atoms with Crippen LogP contribution in [-0.4, -0.2) is 51.9 Å². The molecule has 7 nitrogen and oxygen atoms in total. The van der Waals surface area contributed by atoms with E-state index in [0.717, 1.165) is 5.56 Å². The van der Waals surface area contributed by atoms with E-state index in [0.29, 0.717) is 18.7 Å². The Morgan fingerprint density at radius 2 is 1.94 bits per heavy atom. The third-order valence-electron chi connectivity index (χ3n) is 5.44. The Bertz CT molecular complexity index is 1040. The number of nitrogens with one attached hydrogen (secondary N) is 1. The molecule has 2 amide bonds. The van der Waals surface area contributed by atoms with E-state index in [2.05, 4.69) is 36.1 Å². The van der Waals surface area contributed by atoms with Crippen molar-refractivity contribution in [1.29, 1.82) is 0 Å². The maximum Gasteiger partial charge on any atom is 0.408 e. The number of benzene rings is 1. The number of hydrogen-bond acceptors (Lipinski definition) is 4. The highest BCUT2D eigenvalue weighted by Crippen LogP contribution is 2.42. The number of ether oxygens (including phenoxy) is 1. The summed E-state index contributed by atoms with van der Waals surface area (Å²) in [6, 6.07) is 7.26. The highest BCUT2D eigenvalue weighted by Gasteiger charge is 2.42. The predicted molar refractivity (Wildman–Crippen MR) is 123 cm³/mol. The highest BCUT2D eigenvalue weighted by atomic mass is 16.6. The second-order valence-electron chi connectivity index (χ2n) is 9.91. The number of hydrogen-bond donors (Lipinski definition) is 1. The van der Waals surface area contributed by atoms with Gasteiger partial charge >= 0.3 is 6.09 Å². The lowest BCUT2D eigenvalue weighted by Crippen LogP contribution is -2.32. The molecule has 0 bridgehead atoms. The van der Waals surface area contributed by atoms with E-state index in [1.165, 1.54) is 5.56 Å². The third-order valence-corrected chi connectivity index (χ3v) is 5.44. The minimum absolute atomic E-state index is 0.0226. The van der Waals surface area contributed by atoms with Gasteiger partial charge in [-0.1, -0.05) is 25.7 Å². The zero-order valence-electron chi connectivity index (χ0n) is 19.7. The Hall–Kier alpha value is -3.27. The van der Waals surface area contributed by atoms with Crippen LogP contribution in [0.3, 0.4) is 0 Å². The Morgan fingerprint density at radius 3 is 2.53 bits per heavy atom. The fourth-order valence-electron chi connectivity index (χ4n) is 3.92. The molecule has 1 aromatic heterocycles. The molecule has 170 valence electrons. The number of amides is 2. The lowest BCUT2D eigenvalue weighted by atomic mass is 9.79. The minimum atomic E-state index is -0.539. The molecule has 1 saturated heterocycles. The topological polar surface area (TPSA) is 76.5 Å². The van der Waals surface area contributed by atoms with E-state index in [1.54, 1.807) is 16.8 Å². The first-order valence-electron chi connectivity index (χ1n) is 10.8. The van der Waals surface area contributed by atoms with Crippen LogP contribution < -0.4 is 5.32 Å². The molecule has 1 atom stereocenters. The second kappa shape index (κ2) is 9.07. The molecular weight excluding hydrogens is 404 g/mol. The molecule has 0 saturated carbocycles. The molecule has 2 aromatic rings. The summed E-state index contributed by atoms with van der Waals surface area (Å²) in [5.41, 5.74) is 2.03. The van der Waals surface area contributed by atoms with Crippen LogP contribution in [0.2, 0.25) is 0 Å². The molecule has 1 aliphatic heterocycles. The molecule has 2 heterocycles. The summed E-state index contributed by atoms with van der Waals surface area (Å²) in [4.78, 5) is 26.6. The van der Waals surface area contributed by atoms with Crippen molar-refractivity contribution in [1.82, 2.24) is 20.0 Å². The molecule has 1 N–H and O–H groups in total. The van der Waals surface area contributed by atoms with Gasteiger partial charge in [0.15, 0.2) is 0 Å². The van der Waals surface area contributed by atoms with Crippen molar-refractivity contribution in [2.45, 2.75) is 46.1 Å². The number of rotatable bonds is 3. The Balaban J connectivity index is 1.58. The maximum absolute atomic E-state index is 13.1. The molecule has 0 aliphatic carbocycles. The van der Waals surface area contributed by atoms with Crippen LogP contribution in [0.15, 0.2) is 36.7 Å². The van der Waals surface area contributed by atoms with E-state index >= 15 is 0 Å². The van der Waals surface area contributed by atoms with Gasteiger partial charge in [0.05, 0.1) is 12.7 Å². The Morgan fingerprint density at radius 1 is 1.25 bits per heavy atom. The number of aryl methyl sites for hydroxylation is 1. The molecule has 0 radical (unpaired) electrons. The van der Waals surface area contributed by atoms with Crippen LogP contribution in [0.4, 0.5) is 4.79 Å². The molecule has 1 aromatic carbocycles. The summed E-state index contributed by atoms with van der Waals surface area (Å²) in [7, 11) is 1.91. The van der Waals surface area contributed by atoms with Gasteiger partial charge in [-0.05, 0) is 56.0 Å². The van der Waals surface area contributed by atoms with E-state index in [4.69, 9.17) is 4.74 Å². The molecular formula is C25H32N4O3. The zero-order chi connectivity index (χ0) is 23.5. The van der Waals surface area contributed by atoms with Crippen LogP contribution in [0, 0.1) is 17.3 Å². The first-order chi connectivity index (χ1) is 14.9. The molecule has 32 heavy (non-hydrogen) atoms. The smallest absolute Gasteiger partial charge is 0.408 e. The number of likely N-dealkylation sites (tertiary alicyclic amines) is 1. The number of aromatic nitrogens is 2. The quantitative estimate of drug-likeness (QED) is 0.747. The molecule has 7 heteroatoms. The van der Waals surface area contributed by atoms with E-state index in [-0.39, 0.29) is 23.8 Å². The van der Waals surface area contributed by atoms with Gasteiger partial charge in [-0.3, -0.25) is 9.48 Å². The number of alkyl carbamates (subject to hydrolysis) is 1. The largest absolute Gasteiger partial charge is 0.444 e. The van der Waals surface area contributed by atoms with Crippen molar-refractivity contribution in [2.75, 3.05) is 19.6 Å². The fraction of sp³-hybridized carbons (Fsp3) is 0.480. The summed E-state index contributed by atoms with van der Waals surface area (Å²) in [5, 5.41) is 6.89. The fourth-order valence-corrected chi connectivity index (χ4v) is 3.92. The van der Waals surface area contributed by atoms with E-state index in [1.807, 2.05) is 57.2 Å². The molecule has 1 unspecified atom stereocenters. The molecule has 3 rings (SSSR count). The van der Waals surface area contributed by atoms with Gasteiger partial charge in [0.1, 0.15) is 5.60 Å². The van der Waals surface area contributed by atoms with Crippen molar-refractivity contribution >= 4 is 12.0 Å². The highest BCUT2D eigenvalue weighted by molar-refractivity contribution is 5.94. The predicted octanol–water partition coefficient (Wildman–Crippen LogP) is 3.56. The maximum atomic E-state index is 13.1. The van der Waals surface area contributed by atoms with Crippen LogP contribution >= 0.6 is 0 Å². The summed E-state index contributed by atoms with van der Waals surface area (Å²) in [6.45, 7) is 11.4. The summed E-state index contributed by atoms with van der Waals surface area (Å²) < 4.78 is 6.97. The van der Waals surface area contributed by atoms with Crippen LogP contribution in [0.1, 0.15) is 62.0 Å². The lowest BCUT2D eigenvalue weighted by molar-refractivity contribution is 0.0534. The van der Waals surface area contributed by atoms with Crippen LogP contribution in [-0.2, 0) is 11.8 Å². The number of carbonyl (C=O) groups excluding carboxylic acids is 2. The van der Waals surface area contributed by atoms with Crippen molar-refractivity contribution in [3.05, 3.63) is 53.3 Å². The standard InChI is InChI=1S/C25H32N4O3/c1-24(2,3)32-23(31)26-13-7-8-18-9-11-19(12-10-18)22(30)29-16-21(25(4,5)17-29)20-14-27-28(6)15-20/h9-12,14-15,21H,13,16-17H2,1-6H3,(H,26,31). The monoisotopic (exact) mass is 436 g/mol. The second-order valence-corrected chi connectivity index (χ2v) is 9.91. The average Bonchev–Trinajstić information content (AvgIpc) is 3.26. The Kier molecular flexibility index (Phi) is 6.63. The van der Waals surface area contributed by atoms with Gasteiger partial charge in [0.25, 0.3) is 5.91 Å². The van der Waals surface area contributed by atoms with Crippen molar-refractivity contribution in [3.8, 4) is 11.8 Å². The first kappa shape index (κ1) is 23.4.